The Morgan fingerprint density at radius 3 is 2.58 bits per heavy atom. The number of carbonyl (C=O) groups excluding carboxylic acids is 4. The number of hydrogen-bond acceptors (Lipinski definition) is 12. The van der Waals surface area contributed by atoms with Gasteiger partial charge in [0.05, 0.1) is 34.8 Å². The first kappa shape index (κ1) is 47.0. The second-order valence-corrected chi connectivity index (χ2v) is 19.9. The maximum Gasteiger partial charge on any atom is 0.355 e. The average molecular weight is 900 g/mol. The number of nitrogens with zero attached hydrogens (tertiary/aromatic N) is 7. The number of nitrogens with one attached hydrogen (secondary N) is 2. The van der Waals surface area contributed by atoms with Gasteiger partial charge in [-0.25, -0.2) is 14.6 Å². The Labute approximate surface area is 380 Å². The van der Waals surface area contributed by atoms with Crippen molar-refractivity contribution in [2.75, 3.05) is 54.5 Å². The van der Waals surface area contributed by atoms with E-state index >= 15 is 0 Å². The molecule has 2 fully saturated rings. The fourth-order valence-electron chi connectivity index (χ4n) is 9.41. The molecule has 3 N–H and O–H groups in total. The van der Waals surface area contributed by atoms with Gasteiger partial charge >= 0.3 is 12.0 Å². The monoisotopic (exact) mass is 899 g/mol. The Morgan fingerprint density at radius 1 is 1.14 bits per heavy atom. The van der Waals surface area contributed by atoms with Crippen molar-refractivity contribution in [3.8, 4) is 22.5 Å². The standard InChI is InChI=1S/C47H65N9O7S/c1-11-54-37-16-15-30-22-33(37)34(41(54)32-14-12-19-48-39(32)29(4)62-10)24-46(5,6)27-63-44(59)47(61)18-13-20-56(51-47)43(58)35(23-38-49-36(30)26-64-38)50-42(57)40(28(2)3)53(9)45(60)55-21-17-31(55)25-52(7)8/h12,14-16,19,22,26,28-29,31,35,40,51,61H,11,13,17-18,20-21,23-25,27H2,1-10H3,(H,50,57)/t29-,31-,35-,40-,47-/m0/s1. The van der Waals surface area contributed by atoms with Crippen LogP contribution in [0.1, 0.15) is 83.2 Å². The molecule has 1 aromatic carbocycles. The van der Waals surface area contributed by atoms with Crippen molar-refractivity contribution in [3.05, 3.63) is 58.2 Å². The number of hydrogen-bond donors (Lipinski definition) is 3. The molecule has 4 aromatic rings. The number of hydrazine groups is 1. The molecule has 5 atom stereocenters. The molecule has 0 saturated carbocycles. The van der Waals surface area contributed by atoms with Crippen molar-refractivity contribution in [3.63, 3.8) is 0 Å². The van der Waals surface area contributed by atoms with Crippen LogP contribution in [0, 0.1) is 11.3 Å². The smallest absolute Gasteiger partial charge is 0.355 e. The van der Waals surface area contributed by atoms with E-state index in [1.54, 1.807) is 25.3 Å². The normalized spacial score (nSPS) is 22.5. The van der Waals surface area contributed by atoms with Crippen LogP contribution in [0.5, 0.6) is 0 Å². The van der Waals surface area contributed by atoms with Crippen LogP contribution in [0.4, 0.5) is 4.79 Å². The van der Waals surface area contributed by atoms with E-state index < -0.39 is 41.0 Å². The zero-order valence-electron chi connectivity index (χ0n) is 38.9. The van der Waals surface area contributed by atoms with Crippen LogP contribution >= 0.6 is 11.3 Å². The van der Waals surface area contributed by atoms with Gasteiger partial charge in [-0.05, 0) is 83.0 Å². The fraction of sp³-hybridized carbons (Fsp3) is 0.574. The van der Waals surface area contributed by atoms with Crippen molar-refractivity contribution < 1.29 is 33.8 Å². The summed E-state index contributed by atoms with van der Waals surface area (Å²) in [6.07, 6.45) is 3.20. The number of amides is 4. The number of fused-ring (bicyclic) bond motifs is 6. The van der Waals surface area contributed by atoms with Crippen molar-refractivity contribution in [1.82, 2.24) is 45.0 Å². The molecule has 7 rings (SSSR count). The molecular formula is C47H65N9O7S. The molecule has 4 amide bonds. The number of aromatic nitrogens is 3. The number of rotatable bonds is 10. The predicted octanol–water partition coefficient (Wildman–Crippen LogP) is 5.23. The zero-order valence-corrected chi connectivity index (χ0v) is 39.8. The minimum atomic E-state index is -2.20. The SMILES string of the molecule is CCn1c(-c2cccnc2[C@H](C)OC)c2c3cc(ccc31)-c1csc(n1)C[C@H](NC(=O)[C@H](C(C)C)N(C)C(=O)N1CC[C@H]1CN(C)C)C(=O)N1CCC[C@@](O)(N1)C(=O)OCC(C)(C)C2. The highest BCUT2D eigenvalue weighted by Crippen LogP contribution is 2.42. The molecule has 6 heterocycles. The third-order valence-corrected chi connectivity index (χ3v) is 13.7. The summed E-state index contributed by atoms with van der Waals surface area (Å²) in [6, 6.07) is 8.05. The van der Waals surface area contributed by atoms with Crippen molar-refractivity contribution >= 4 is 46.1 Å². The maximum atomic E-state index is 14.6. The van der Waals surface area contributed by atoms with E-state index in [4.69, 9.17) is 19.4 Å². The summed E-state index contributed by atoms with van der Waals surface area (Å²) in [5, 5.41) is 19.6. The lowest BCUT2D eigenvalue weighted by atomic mass is 9.84. The summed E-state index contributed by atoms with van der Waals surface area (Å²) < 4.78 is 14.0. The van der Waals surface area contributed by atoms with Gasteiger partial charge in [-0.2, -0.15) is 5.43 Å². The molecule has 17 heteroatoms. The second-order valence-electron chi connectivity index (χ2n) is 19.0. The largest absolute Gasteiger partial charge is 0.462 e. The van der Waals surface area contributed by atoms with Gasteiger partial charge in [-0.15, -0.1) is 11.3 Å². The molecule has 2 saturated heterocycles. The first-order valence-corrected chi connectivity index (χ1v) is 23.3. The van der Waals surface area contributed by atoms with E-state index in [0.717, 1.165) is 51.1 Å². The number of ether oxygens (including phenoxy) is 2. The predicted molar refractivity (Wildman–Crippen MR) is 246 cm³/mol. The summed E-state index contributed by atoms with van der Waals surface area (Å²) in [7, 11) is 7.24. The summed E-state index contributed by atoms with van der Waals surface area (Å²) >= 11 is 1.38. The van der Waals surface area contributed by atoms with E-state index in [9.17, 15) is 24.3 Å². The molecular weight excluding hydrogens is 835 g/mol. The average Bonchev–Trinajstić information content (AvgIpc) is 3.84. The Balaban J connectivity index is 1.29. The lowest BCUT2D eigenvalue weighted by molar-refractivity contribution is -0.189. The first-order chi connectivity index (χ1) is 30.4. The van der Waals surface area contributed by atoms with E-state index in [1.807, 2.05) is 65.1 Å². The van der Waals surface area contributed by atoms with Gasteiger partial charge in [0.15, 0.2) is 0 Å². The summed E-state index contributed by atoms with van der Waals surface area (Å²) in [5.74, 6) is -2.24. The summed E-state index contributed by atoms with van der Waals surface area (Å²) in [4.78, 5) is 72.0. The van der Waals surface area contributed by atoms with Gasteiger partial charge < -0.3 is 39.2 Å². The topological polar surface area (TPSA) is 175 Å². The molecule has 3 aliphatic heterocycles. The maximum absolute atomic E-state index is 14.6. The van der Waals surface area contributed by atoms with Crippen molar-refractivity contribution in [2.24, 2.45) is 11.3 Å². The molecule has 3 aromatic heterocycles. The van der Waals surface area contributed by atoms with Crippen LogP contribution in [0.2, 0.25) is 0 Å². The van der Waals surface area contributed by atoms with Crippen molar-refractivity contribution in [2.45, 2.75) is 110 Å². The highest BCUT2D eigenvalue weighted by molar-refractivity contribution is 7.10. The number of methoxy groups -OCH3 is 1. The van der Waals surface area contributed by atoms with Crippen LogP contribution in [0.25, 0.3) is 33.4 Å². The molecule has 0 aliphatic carbocycles. The van der Waals surface area contributed by atoms with Gasteiger partial charge in [-0.1, -0.05) is 33.8 Å². The Bertz CT molecular complexity index is 2380. The number of urea groups is 1. The molecule has 0 spiro atoms. The van der Waals surface area contributed by atoms with Gasteiger partial charge in [0, 0.05) is 98.2 Å². The number of pyridine rings is 1. The Kier molecular flexibility index (Phi) is 13.9. The molecule has 64 heavy (non-hydrogen) atoms. The second kappa shape index (κ2) is 18.9. The highest BCUT2D eigenvalue weighted by Gasteiger charge is 2.46. The molecule has 346 valence electrons. The molecule has 0 unspecified atom stereocenters. The minimum Gasteiger partial charge on any atom is -0.462 e. The number of aryl methyl sites for hydroxylation is 1. The fourth-order valence-corrected chi connectivity index (χ4v) is 10.3. The lowest BCUT2D eigenvalue weighted by Gasteiger charge is -2.45. The summed E-state index contributed by atoms with van der Waals surface area (Å²) in [5.41, 5.74) is 6.39. The molecule has 6 bridgehead atoms. The van der Waals surface area contributed by atoms with Crippen molar-refractivity contribution in [1.29, 1.82) is 0 Å². The van der Waals surface area contributed by atoms with Crippen LogP contribution in [-0.2, 0) is 43.2 Å². The number of benzene rings is 1. The van der Waals surface area contributed by atoms with Gasteiger partial charge in [-0.3, -0.25) is 19.6 Å². The number of thiazole rings is 1. The third kappa shape index (κ3) is 9.41. The summed E-state index contributed by atoms with van der Waals surface area (Å²) in [6.45, 7) is 14.0. The van der Waals surface area contributed by atoms with Gasteiger partial charge in [0.25, 0.3) is 5.91 Å². The molecule has 16 nitrogen and oxygen atoms in total. The van der Waals surface area contributed by atoms with E-state index in [2.05, 4.69) is 46.5 Å². The molecule has 0 radical (unpaired) electrons. The van der Waals surface area contributed by atoms with Crippen LogP contribution < -0.4 is 10.7 Å². The van der Waals surface area contributed by atoms with E-state index in [1.165, 1.54) is 21.2 Å². The van der Waals surface area contributed by atoms with E-state index in [-0.39, 0.29) is 50.1 Å². The number of cyclic esters (lactones) is 1. The zero-order chi connectivity index (χ0) is 46.2. The molecule has 3 aliphatic rings. The minimum absolute atomic E-state index is 0.00886. The van der Waals surface area contributed by atoms with E-state index in [0.29, 0.717) is 37.5 Å². The first-order valence-electron chi connectivity index (χ1n) is 22.4. The Morgan fingerprint density at radius 2 is 1.91 bits per heavy atom. The third-order valence-electron chi connectivity index (χ3n) is 12.8. The number of likely N-dealkylation sites (tertiary alicyclic amines) is 1. The number of likely N-dealkylation sites (N-methyl/N-ethyl adjacent to an activating group) is 2. The quantitative estimate of drug-likeness (QED) is 0.178. The van der Waals surface area contributed by atoms with Crippen LogP contribution in [0.3, 0.4) is 0 Å². The number of esters is 1. The van der Waals surface area contributed by atoms with Crippen LogP contribution in [0.15, 0.2) is 41.9 Å². The number of carbonyl (C=O) groups is 4. The van der Waals surface area contributed by atoms with Gasteiger partial charge in [0.1, 0.15) is 12.1 Å². The highest BCUT2D eigenvalue weighted by atomic mass is 32.1. The van der Waals surface area contributed by atoms with Gasteiger partial charge in [0.2, 0.25) is 11.6 Å². The lowest BCUT2D eigenvalue weighted by Crippen LogP contribution is -2.67. The van der Waals surface area contributed by atoms with Crippen LogP contribution in [-0.4, -0.2) is 142 Å². The number of aliphatic hydroxyl groups is 1. The Hall–Kier alpha value is -4.94.